The van der Waals surface area contributed by atoms with Crippen molar-refractivity contribution in [2.24, 2.45) is 0 Å². The van der Waals surface area contributed by atoms with Crippen molar-refractivity contribution >= 4 is 5.91 Å². The molecule has 0 radical (unpaired) electrons. The number of morpholine rings is 1. The third-order valence-electron chi connectivity index (χ3n) is 5.73. The average molecular weight is 344 g/mol. The van der Waals surface area contributed by atoms with Gasteiger partial charge in [0.05, 0.1) is 0 Å². The highest BCUT2D eigenvalue weighted by atomic mass is 16.5. The Hall–Kier alpha value is -1.39. The molecule has 2 aliphatic rings. The van der Waals surface area contributed by atoms with Crippen molar-refractivity contribution in [3.05, 3.63) is 35.9 Å². The molecule has 0 bridgehead atoms. The normalized spacial score (nSPS) is 25.6. The highest BCUT2D eigenvalue weighted by Crippen LogP contribution is 2.44. The molecule has 0 aromatic heterocycles. The van der Waals surface area contributed by atoms with Crippen LogP contribution in [0.5, 0.6) is 0 Å². The van der Waals surface area contributed by atoms with E-state index in [1.165, 1.54) is 24.8 Å². The third-order valence-corrected chi connectivity index (χ3v) is 5.73. The lowest BCUT2D eigenvalue weighted by Crippen LogP contribution is -2.72. The van der Waals surface area contributed by atoms with Gasteiger partial charge >= 0.3 is 0 Å². The van der Waals surface area contributed by atoms with Crippen LogP contribution in [-0.2, 0) is 16.1 Å². The minimum absolute atomic E-state index is 0.00136. The van der Waals surface area contributed by atoms with Gasteiger partial charge in [0.15, 0.2) is 0 Å². The Bertz CT molecular complexity index is 593. The number of hydrogen-bond acceptors (Lipinski definition) is 3. The van der Waals surface area contributed by atoms with Gasteiger partial charge in [-0.15, -0.1) is 0 Å². The molecule has 25 heavy (non-hydrogen) atoms. The average Bonchev–Trinajstić information content (AvgIpc) is 2.59. The summed E-state index contributed by atoms with van der Waals surface area (Å²) in [4.78, 5) is 17.4. The molecule has 0 N–H and O–H groups in total. The summed E-state index contributed by atoms with van der Waals surface area (Å²) < 4.78 is 6.59. The van der Waals surface area contributed by atoms with Crippen LogP contribution >= 0.6 is 0 Å². The molecule has 1 aromatic rings. The first-order chi connectivity index (χ1) is 11.9. The van der Waals surface area contributed by atoms with E-state index in [2.05, 4.69) is 48.0 Å². The largest absolute Gasteiger partial charge is 0.356 e. The minimum Gasteiger partial charge on any atom is -0.356 e. The number of carbonyl (C=O) groups excluding carboxylic acids is 1. The number of ether oxygens (including phenoxy) is 1. The molecule has 1 aromatic carbocycles. The van der Waals surface area contributed by atoms with Crippen LogP contribution in [0.15, 0.2) is 30.3 Å². The molecule has 1 saturated heterocycles. The van der Waals surface area contributed by atoms with Gasteiger partial charge in [0.1, 0.15) is 17.4 Å². The van der Waals surface area contributed by atoms with Crippen LogP contribution in [0, 0.1) is 0 Å². The van der Waals surface area contributed by atoms with E-state index >= 15 is 0 Å². The molecule has 1 unspecified atom stereocenters. The number of nitrogens with zero attached hydrogens (tertiary/aromatic N) is 2. The molecular weight excluding hydrogens is 312 g/mol. The Morgan fingerprint density at radius 1 is 1.16 bits per heavy atom. The maximum absolute atomic E-state index is 13.0. The maximum Gasteiger partial charge on any atom is 0.255 e. The van der Waals surface area contributed by atoms with Crippen LogP contribution in [0.4, 0.5) is 0 Å². The molecule has 1 heterocycles. The van der Waals surface area contributed by atoms with Crippen molar-refractivity contribution in [1.29, 1.82) is 0 Å². The van der Waals surface area contributed by atoms with E-state index in [0.717, 1.165) is 25.9 Å². The fourth-order valence-electron chi connectivity index (χ4n) is 4.77. The smallest absolute Gasteiger partial charge is 0.255 e. The first-order valence-corrected chi connectivity index (χ1v) is 9.65. The predicted molar refractivity (Wildman–Crippen MR) is 100 cm³/mol. The van der Waals surface area contributed by atoms with Crippen molar-refractivity contribution in [2.75, 3.05) is 13.6 Å². The van der Waals surface area contributed by atoms with Crippen LogP contribution in [0.1, 0.15) is 58.4 Å². The standard InChI is InChI=1S/C21H32N2O2/c1-5-23-18(22(4)16-17-12-8-6-9-13-17)21(14-10-7-11-15-21)25-20(2,3)19(23)24/h6,8-9,12-13,18H,5,7,10-11,14-16H2,1-4H3. The number of likely N-dealkylation sites (N-methyl/N-ethyl adjacent to an activating group) is 2. The Labute approximate surface area is 152 Å². The van der Waals surface area contributed by atoms with Crippen LogP contribution in [-0.4, -0.2) is 46.7 Å². The Kier molecular flexibility index (Phi) is 5.21. The Morgan fingerprint density at radius 2 is 1.80 bits per heavy atom. The molecular formula is C21H32N2O2. The molecule has 1 spiro atoms. The summed E-state index contributed by atoms with van der Waals surface area (Å²) in [5, 5.41) is 0. The SMILES string of the molecule is CCN1C(=O)C(C)(C)OC2(CCCCC2)C1N(C)Cc1ccccc1. The zero-order valence-electron chi connectivity index (χ0n) is 16.1. The van der Waals surface area contributed by atoms with Gasteiger partial charge in [-0.3, -0.25) is 9.69 Å². The molecule has 3 rings (SSSR count). The summed E-state index contributed by atoms with van der Waals surface area (Å²) in [6.07, 6.45) is 5.68. The minimum atomic E-state index is -0.739. The fourth-order valence-corrected chi connectivity index (χ4v) is 4.77. The van der Waals surface area contributed by atoms with E-state index in [0.29, 0.717) is 0 Å². The fraction of sp³-hybridized carbons (Fsp3) is 0.667. The molecule has 1 atom stereocenters. The summed E-state index contributed by atoms with van der Waals surface area (Å²) in [5.41, 5.74) is 0.274. The zero-order chi connectivity index (χ0) is 18.1. The lowest BCUT2D eigenvalue weighted by Gasteiger charge is -2.58. The highest BCUT2D eigenvalue weighted by Gasteiger charge is 2.56. The van der Waals surface area contributed by atoms with Crippen molar-refractivity contribution in [1.82, 2.24) is 9.80 Å². The van der Waals surface area contributed by atoms with Gasteiger partial charge in [0.25, 0.3) is 5.91 Å². The molecule has 4 heteroatoms. The van der Waals surface area contributed by atoms with Crippen molar-refractivity contribution in [2.45, 2.75) is 76.8 Å². The lowest BCUT2D eigenvalue weighted by atomic mass is 9.78. The van der Waals surface area contributed by atoms with Gasteiger partial charge in [0, 0.05) is 13.1 Å². The highest BCUT2D eigenvalue weighted by molar-refractivity contribution is 5.85. The molecule has 1 aliphatic heterocycles. The van der Waals surface area contributed by atoms with E-state index < -0.39 is 5.60 Å². The summed E-state index contributed by atoms with van der Waals surface area (Å²) in [6, 6.07) is 10.5. The van der Waals surface area contributed by atoms with Gasteiger partial charge in [-0.1, -0.05) is 49.6 Å². The second kappa shape index (κ2) is 7.08. The van der Waals surface area contributed by atoms with Crippen molar-refractivity contribution in [3.8, 4) is 0 Å². The van der Waals surface area contributed by atoms with E-state index in [1.54, 1.807) is 0 Å². The molecule has 4 nitrogen and oxygen atoms in total. The molecule has 1 aliphatic carbocycles. The number of benzene rings is 1. The van der Waals surface area contributed by atoms with Crippen LogP contribution in [0.25, 0.3) is 0 Å². The summed E-state index contributed by atoms with van der Waals surface area (Å²) in [6.45, 7) is 7.49. The van der Waals surface area contributed by atoms with Gasteiger partial charge in [0.2, 0.25) is 0 Å². The lowest BCUT2D eigenvalue weighted by molar-refractivity contribution is -0.253. The van der Waals surface area contributed by atoms with E-state index in [9.17, 15) is 4.79 Å². The van der Waals surface area contributed by atoms with E-state index in [-0.39, 0.29) is 17.7 Å². The topological polar surface area (TPSA) is 32.8 Å². The number of rotatable bonds is 4. The summed E-state index contributed by atoms with van der Waals surface area (Å²) in [5.74, 6) is 0.108. The second-order valence-electron chi connectivity index (χ2n) is 8.10. The van der Waals surface area contributed by atoms with Gasteiger partial charge in [-0.2, -0.15) is 0 Å². The maximum atomic E-state index is 13.0. The third kappa shape index (κ3) is 3.47. The van der Waals surface area contributed by atoms with E-state index in [1.807, 2.05) is 19.9 Å². The van der Waals surface area contributed by atoms with E-state index in [4.69, 9.17) is 4.74 Å². The monoisotopic (exact) mass is 344 g/mol. The zero-order valence-corrected chi connectivity index (χ0v) is 16.1. The molecule has 1 amide bonds. The molecule has 2 fully saturated rings. The van der Waals surface area contributed by atoms with Crippen LogP contribution in [0.3, 0.4) is 0 Å². The number of amides is 1. The second-order valence-corrected chi connectivity index (χ2v) is 8.10. The number of carbonyl (C=O) groups is 1. The van der Waals surface area contributed by atoms with Crippen molar-refractivity contribution < 1.29 is 9.53 Å². The predicted octanol–water partition coefficient (Wildman–Crippen LogP) is 3.80. The summed E-state index contributed by atoms with van der Waals surface area (Å²) >= 11 is 0. The quantitative estimate of drug-likeness (QED) is 0.833. The summed E-state index contributed by atoms with van der Waals surface area (Å²) in [7, 11) is 2.13. The van der Waals surface area contributed by atoms with Crippen LogP contribution < -0.4 is 0 Å². The van der Waals surface area contributed by atoms with Gasteiger partial charge in [-0.05, 0) is 46.2 Å². The first kappa shape index (κ1) is 18.4. The van der Waals surface area contributed by atoms with Crippen LogP contribution in [0.2, 0.25) is 0 Å². The van der Waals surface area contributed by atoms with Crippen molar-refractivity contribution in [3.63, 3.8) is 0 Å². The first-order valence-electron chi connectivity index (χ1n) is 9.65. The Morgan fingerprint density at radius 3 is 2.40 bits per heavy atom. The van der Waals surface area contributed by atoms with Gasteiger partial charge in [-0.25, -0.2) is 0 Å². The molecule has 1 saturated carbocycles. The molecule has 138 valence electrons. The van der Waals surface area contributed by atoms with Gasteiger partial charge < -0.3 is 9.64 Å². The Balaban J connectivity index is 1.94. The number of hydrogen-bond donors (Lipinski definition) is 0.